The number of likely N-dealkylation sites (tertiary alicyclic amines) is 1. The molecule has 0 N–H and O–H groups in total. The van der Waals surface area contributed by atoms with Crippen LogP contribution in [0.15, 0.2) is 17.9 Å². The van der Waals surface area contributed by atoms with Gasteiger partial charge in [-0.3, -0.25) is 9.59 Å². The van der Waals surface area contributed by atoms with E-state index in [1.54, 1.807) is 18.7 Å². The van der Waals surface area contributed by atoms with Crippen molar-refractivity contribution in [2.75, 3.05) is 20.2 Å². The van der Waals surface area contributed by atoms with Crippen molar-refractivity contribution in [2.45, 2.75) is 59.5 Å². The van der Waals surface area contributed by atoms with Crippen LogP contribution in [0.4, 0.5) is 0 Å². The lowest BCUT2D eigenvalue weighted by molar-refractivity contribution is -0.150. The maximum absolute atomic E-state index is 13.6. The highest BCUT2D eigenvalue weighted by Crippen LogP contribution is 2.48. The fourth-order valence-electron chi connectivity index (χ4n) is 4.77. The second-order valence-corrected chi connectivity index (χ2v) is 8.88. The first kappa shape index (κ1) is 23.7. The molecule has 1 saturated heterocycles. The number of methoxy groups -OCH3 is 1. The largest absolute Gasteiger partial charge is 0.428 e. The summed E-state index contributed by atoms with van der Waals surface area (Å²) in [7, 11) is 1.45. The van der Waals surface area contributed by atoms with Crippen LogP contribution in [0, 0.1) is 31.1 Å². The number of Topliss-reactive ketones (excluding diaryl/α,β-unsaturated/α-hetero) is 1. The van der Waals surface area contributed by atoms with E-state index in [-0.39, 0.29) is 11.2 Å². The molecule has 0 aromatic heterocycles. The van der Waals surface area contributed by atoms with Crippen molar-refractivity contribution in [1.82, 2.24) is 4.90 Å². The summed E-state index contributed by atoms with van der Waals surface area (Å²) in [6.45, 7) is 8.52. The van der Waals surface area contributed by atoms with Gasteiger partial charge in [-0.05, 0) is 74.8 Å². The van der Waals surface area contributed by atoms with Crippen molar-refractivity contribution in [1.29, 1.82) is 0 Å². The molecule has 1 heterocycles. The zero-order valence-corrected chi connectivity index (χ0v) is 19.5. The van der Waals surface area contributed by atoms with Gasteiger partial charge in [-0.1, -0.05) is 5.92 Å². The van der Waals surface area contributed by atoms with E-state index >= 15 is 0 Å². The summed E-state index contributed by atoms with van der Waals surface area (Å²) in [6.07, 6.45) is 2.39. The van der Waals surface area contributed by atoms with Crippen LogP contribution in [0.5, 0.6) is 0 Å². The van der Waals surface area contributed by atoms with Crippen LogP contribution in [0.2, 0.25) is 0 Å². The Bertz CT molecular complexity index is 995. The summed E-state index contributed by atoms with van der Waals surface area (Å²) in [5.41, 5.74) is 3.72. The molecule has 1 atom stereocenters. The summed E-state index contributed by atoms with van der Waals surface area (Å²) in [6, 6.07) is 3.92. The SMILES string of the molecule is CC#Cc1cc(C)c(C2=C(OC(=O)C(C)OC)CC3(CCN(C=O)CC3)CC2=O)c(C)c1. The van der Waals surface area contributed by atoms with E-state index in [4.69, 9.17) is 9.47 Å². The van der Waals surface area contributed by atoms with Crippen molar-refractivity contribution < 1.29 is 23.9 Å². The number of carbonyl (C=O) groups is 3. The number of hydrogen-bond donors (Lipinski definition) is 0. The minimum absolute atomic E-state index is 0.0239. The third-order valence-electron chi connectivity index (χ3n) is 6.60. The van der Waals surface area contributed by atoms with Crippen LogP contribution in [0.25, 0.3) is 5.57 Å². The van der Waals surface area contributed by atoms with Crippen molar-refractivity contribution in [3.8, 4) is 11.8 Å². The molecule has 1 aromatic rings. The third kappa shape index (κ3) is 4.78. The van der Waals surface area contributed by atoms with Crippen molar-refractivity contribution >= 4 is 23.7 Å². The molecule has 0 radical (unpaired) electrons. The smallest absolute Gasteiger partial charge is 0.340 e. The first-order chi connectivity index (χ1) is 15.2. The summed E-state index contributed by atoms with van der Waals surface area (Å²) in [5, 5.41) is 0. The summed E-state index contributed by atoms with van der Waals surface area (Å²) < 4.78 is 11.0. The van der Waals surface area contributed by atoms with E-state index in [9.17, 15) is 14.4 Å². The minimum atomic E-state index is -0.738. The summed E-state index contributed by atoms with van der Waals surface area (Å²) in [5.74, 6) is 5.85. The van der Waals surface area contributed by atoms with Gasteiger partial charge >= 0.3 is 5.97 Å². The number of carbonyl (C=O) groups excluding carboxylic acids is 3. The van der Waals surface area contributed by atoms with E-state index in [2.05, 4.69) is 11.8 Å². The van der Waals surface area contributed by atoms with Gasteiger partial charge < -0.3 is 14.4 Å². The van der Waals surface area contributed by atoms with Crippen LogP contribution in [-0.2, 0) is 23.9 Å². The van der Waals surface area contributed by atoms with E-state index in [0.717, 1.165) is 28.7 Å². The van der Waals surface area contributed by atoms with Crippen LogP contribution in [0.3, 0.4) is 0 Å². The van der Waals surface area contributed by atoms with E-state index in [0.29, 0.717) is 50.1 Å². The molecule has 1 spiro atoms. The first-order valence-electron chi connectivity index (χ1n) is 11.0. The third-order valence-corrected chi connectivity index (χ3v) is 6.60. The molecule has 1 aliphatic heterocycles. The van der Waals surface area contributed by atoms with E-state index in [1.807, 2.05) is 26.0 Å². The molecule has 32 heavy (non-hydrogen) atoms. The molecule has 1 aliphatic carbocycles. The minimum Gasteiger partial charge on any atom is -0.428 e. The molecule has 1 aromatic carbocycles. The molecule has 1 fully saturated rings. The number of nitrogens with zero attached hydrogens (tertiary/aromatic N) is 1. The normalized spacial score (nSPS) is 18.8. The lowest BCUT2D eigenvalue weighted by Crippen LogP contribution is -2.43. The van der Waals surface area contributed by atoms with Gasteiger partial charge in [0.05, 0.1) is 5.57 Å². The molecule has 170 valence electrons. The fraction of sp³-hybridized carbons (Fsp3) is 0.500. The molecule has 1 unspecified atom stereocenters. The Kier molecular flexibility index (Phi) is 7.20. The second kappa shape index (κ2) is 9.70. The predicted molar refractivity (Wildman–Crippen MR) is 121 cm³/mol. The first-order valence-corrected chi connectivity index (χ1v) is 11.0. The Morgan fingerprint density at radius 1 is 1.19 bits per heavy atom. The molecule has 2 aliphatic rings. The number of ether oxygens (including phenoxy) is 2. The standard InChI is InChI=1S/C26H31NO5/c1-6-7-20-12-17(2)23(18(3)13-20)24-21(29)14-26(8-10-27(16-28)11-9-26)15-22(24)32-25(30)19(4)31-5/h12-13,16,19H,8-11,14-15H2,1-5H3. The van der Waals surface area contributed by atoms with Gasteiger partial charge in [-0.2, -0.15) is 0 Å². The predicted octanol–water partition coefficient (Wildman–Crippen LogP) is 3.57. The molecule has 3 rings (SSSR count). The van der Waals surface area contributed by atoms with Gasteiger partial charge in [0.15, 0.2) is 11.9 Å². The van der Waals surface area contributed by atoms with Crippen LogP contribution < -0.4 is 0 Å². The number of esters is 1. The number of piperidine rings is 1. The van der Waals surface area contributed by atoms with Gasteiger partial charge in [0.1, 0.15) is 5.76 Å². The fourth-order valence-corrected chi connectivity index (χ4v) is 4.77. The topological polar surface area (TPSA) is 72.9 Å². The number of rotatable bonds is 5. The monoisotopic (exact) mass is 437 g/mol. The lowest BCUT2D eigenvalue weighted by atomic mass is 9.66. The number of ketones is 1. The van der Waals surface area contributed by atoms with Crippen molar-refractivity contribution in [3.63, 3.8) is 0 Å². The molecular formula is C26H31NO5. The van der Waals surface area contributed by atoms with Crippen molar-refractivity contribution in [2.24, 2.45) is 5.41 Å². The molecule has 6 heteroatoms. The average Bonchev–Trinajstić information content (AvgIpc) is 2.75. The second-order valence-electron chi connectivity index (χ2n) is 8.88. The average molecular weight is 438 g/mol. The summed E-state index contributed by atoms with van der Waals surface area (Å²) in [4.78, 5) is 39.1. The maximum Gasteiger partial charge on any atom is 0.340 e. The number of aryl methyl sites for hydroxylation is 2. The quantitative estimate of drug-likeness (QED) is 0.400. The van der Waals surface area contributed by atoms with Crippen LogP contribution in [-0.4, -0.2) is 49.4 Å². The zero-order valence-electron chi connectivity index (χ0n) is 19.5. The van der Waals surface area contributed by atoms with Crippen molar-refractivity contribution in [3.05, 3.63) is 40.1 Å². The Labute approximate surface area is 189 Å². The van der Waals surface area contributed by atoms with Gasteiger partial charge in [-0.25, -0.2) is 4.79 Å². The zero-order chi connectivity index (χ0) is 23.5. The highest BCUT2D eigenvalue weighted by atomic mass is 16.6. The highest BCUT2D eigenvalue weighted by molar-refractivity contribution is 6.23. The molecule has 6 nitrogen and oxygen atoms in total. The Morgan fingerprint density at radius 3 is 2.34 bits per heavy atom. The van der Waals surface area contributed by atoms with Gasteiger partial charge in [0.2, 0.25) is 6.41 Å². The number of allylic oxidation sites excluding steroid dienone is 2. The van der Waals surface area contributed by atoms with Crippen LogP contribution >= 0.6 is 0 Å². The molecule has 1 amide bonds. The lowest BCUT2D eigenvalue weighted by Gasteiger charge is -2.43. The van der Waals surface area contributed by atoms with Gasteiger partial charge in [0, 0.05) is 38.6 Å². The Morgan fingerprint density at radius 2 is 1.81 bits per heavy atom. The highest BCUT2D eigenvalue weighted by Gasteiger charge is 2.44. The number of hydrogen-bond acceptors (Lipinski definition) is 5. The van der Waals surface area contributed by atoms with E-state index < -0.39 is 12.1 Å². The molecule has 0 saturated carbocycles. The molecule has 0 bridgehead atoms. The number of benzene rings is 1. The maximum atomic E-state index is 13.6. The van der Waals surface area contributed by atoms with Gasteiger partial charge in [0.25, 0.3) is 0 Å². The number of amides is 1. The van der Waals surface area contributed by atoms with Gasteiger partial charge in [-0.15, -0.1) is 5.92 Å². The Balaban J connectivity index is 2.09. The van der Waals surface area contributed by atoms with E-state index in [1.165, 1.54) is 7.11 Å². The Hall–Kier alpha value is -2.91. The molecular weight excluding hydrogens is 406 g/mol. The summed E-state index contributed by atoms with van der Waals surface area (Å²) >= 11 is 0. The van der Waals surface area contributed by atoms with Crippen LogP contribution in [0.1, 0.15) is 61.8 Å².